The van der Waals surface area contributed by atoms with Gasteiger partial charge in [0.05, 0.1) is 43.3 Å². The summed E-state index contributed by atoms with van der Waals surface area (Å²) in [4.78, 5) is 11.6. The van der Waals surface area contributed by atoms with E-state index < -0.39 is 0 Å². The minimum atomic E-state index is 0.162. The van der Waals surface area contributed by atoms with E-state index in [1.165, 1.54) is 5.56 Å². The highest BCUT2D eigenvalue weighted by molar-refractivity contribution is 5.78. The van der Waals surface area contributed by atoms with Crippen molar-refractivity contribution in [3.05, 3.63) is 66.1 Å². The van der Waals surface area contributed by atoms with Crippen molar-refractivity contribution in [3.8, 4) is 22.8 Å². The van der Waals surface area contributed by atoms with E-state index in [1.54, 1.807) is 26.6 Å². The molecular formula is C24H27N5O2. The van der Waals surface area contributed by atoms with Gasteiger partial charge in [-0.05, 0) is 62.5 Å². The van der Waals surface area contributed by atoms with Gasteiger partial charge in [-0.15, -0.1) is 0 Å². The van der Waals surface area contributed by atoms with E-state index in [4.69, 9.17) is 14.5 Å². The summed E-state index contributed by atoms with van der Waals surface area (Å²) in [5, 5.41) is 6.85. The van der Waals surface area contributed by atoms with Crippen LogP contribution in [0.25, 0.3) is 22.3 Å². The third kappa shape index (κ3) is 4.67. The standard InChI is InChI=1S/C24H27N5O2/c1-29(2)8-7-21(17-9-19(30-3)12-20(10-17)31-4)16-5-6-22-23(11-16)28-24(15-25-22)18-13-26-27-14-18/h5-6,9-15,21H,7-8H2,1-4H3,(H,26,27). The Balaban J connectivity index is 1.79. The summed E-state index contributed by atoms with van der Waals surface area (Å²) in [5.74, 6) is 1.73. The van der Waals surface area contributed by atoms with Crippen LogP contribution in [0.3, 0.4) is 0 Å². The zero-order valence-corrected chi connectivity index (χ0v) is 18.3. The molecule has 7 heteroatoms. The first-order valence-electron chi connectivity index (χ1n) is 10.2. The first-order valence-corrected chi connectivity index (χ1v) is 10.2. The average molecular weight is 418 g/mol. The van der Waals surface area contributed by atoms with Gasteiger partial charge in [0.15, 0.2) is 0 Å². The van der Waals surface area contributed by atoms with Crippen LogP contribution in [-0.4, -0.2) is 59.9 Å². The molecule has 0 spiro atoms. The third-order valence-corrected chi connectivity index (χ3v) is 5.40. The largest absolute Gasteiger partial charge is 0.497 e. The highest BCUT2D eigenvalue weighted by atomic mass is 16.5. The van der Waals surface area contributed by atoms with Gasteiger partial charge < -0.3 is 14.4 Å². The number of aromatic amines is 1. The maximum absolute atomic E-state index is 5.51. The first-order chi connectivity index (χ1) is 15.1. The molecule has 2 aromatic carbocycles. The number of fused-ring (bicyclic) bond motifs is 1. The van der Waals surface area contributed by atoms with Crippen LogP contribution in [-0.2, 0) is 0 Å². The third-order valence-electron chi connectivity index (χ3n) is 5.40. The highest BCUT2D eigenvalue weighted by Crippen LogP contribution is 2.35. The fourth-order valence-electron chi connectivity index (χ4n) is 3.72. The van der Waals surface area contributed by atoms with Crippen LogP contribution in [0.2, 0.25) is 0 Å². The Bertz CT molecular complexity index is 1140. The molecule has 4 rings (SSSR count). The minimum Gasteiger partial charge on any atom is -0.497 e. The zero-order valence-electron chi connectivity index (χ0n) is 18.3. The van der Waals surface area contributed by atoms with Crippen LogP contribution in [0, 0.1) is 0 Å². The van der Waals surface area contributed by atoms with Crippen molar-refractivity contribution >= 4 is 11.0 Å². The van der Waals surface area contributed by atoms with E-state index in [1.807, 2.05) is 18.3 Å². The van der Waals surface area contributed by atoms with Crippen LogP contribution < -0.4 is 9.47 Å². The number of hydrogen-bond donors (Lipinski definition) is 1. The van der Waals surface area contributed by atoms with Gasteiger partial charge in [-0.3, -0.25) is 10.1 Å². The molecule has 160 valence electrons. The lowest BCUT2D eigenvalue weighted by molar-refractivity contribution is 0.384. The summed E-state index contributed by atoms with van der Waals surface area (Å²) in [6.45, 7) is 0.947. The van der Waals surface area contributed by atoms with Crippen LogP contribution in [0.5, 0.6) is 11.5 Å². The van der Waals surface area contributed by atoms with E-state index in [0.717, 1.165) is 52.3 Å². The maximum Gasteiger partial charge on any atom is 0.122 e. The molecular weight excluding hydrogens is 390 g/mol. The molecule has 31 heavy (non-hydrogen) atoms. The predicted octanol–water partition coefficient (Wildman–Crippen LogP) is 4.12. The molecule has 1 N–H and O–H groups in total. The lowest BCUT2D eigenvalue weighted by Gasteiger charge is -2.22. The number of H-pyrrole nitrogens is 1. The van der Waals surface area contributed by atoms with Crippen LogP contribution in [0.15, 0.2) is 55.0 Å². The van der Waals surface area contributed by atoms with Crippen molar-refractivity contribution in [3.63, 3.8) is 0 Å². The summed E-state index contributed by atoms with van der Waals surface area (Å²) in [5.41, 5.74) is 5.78. The van der Waals surface area contributed by atoms with Crippen molar-refractivity contribution < 1.29 is 9.47 Å². The number of nitrogens with one attached hydrogen (secondary N) is 1. The van der Waals surface area contributed by atoms with Crippen molar-refractivity contribution in [1.29, 1.82) is 0 Å². The zero-order chi connectivity index (χ0) is 21.8. The summed E-state index contributed by atoms with van der Waals surface area (Å²) >= 11 is 0. The van der Waals surface area contributed by atoms with Gasteiger partial charge in [0.2, 0.25) is 0 Å². The minimum absolute atomic E-state index is 0.162. The topological polar surface area (TPSA) is 76.2 Å². The monoisotopic (exact) mass is 417 g/mol. The van der Waals surface area contributed by atoms with Crippen molar-refractivity contribution in [2.75, 3.05) is 34.9 Å². The fraction of sp³-hybridized carbons (Fsp3) is 0.292. The Labute approximate surface area is 182 Å². The van der Waals surface area contributed by atoms with Crippen molar-refractivity contribution in [2.24, 2.45) is 0 Å². The Morgan fingerprint density at radius 3 is 2.35 bits per heavy atom. The Morgan fingerprint density at radius 2 is 1.71 bits per heavy atom. The fourth-order valence-corrected chi connectivity index (χ4v) is 3.72. The molecule has 0 radical (unpaired) electrons. The van der Waals surface area contributed by atoms with Gasteiger partial charge in [0.1, 0.15) is 11.5 Å². The SMILES string of the molecule is COc1cc(OC)cc(C(CCN(C)C)c2ccc3ncc(-c4cn[nH]c4)nc3c2)c1. The molecule has 0 saturated carbocycles. The number of ether oxygens (including phenoxy) is 2. The van der Waals surface area contributed by atoms with Gasteiger partial charge in [-0.1, -0.05) is 6.07 Å². The normalized spacial score (nSPS) is 12.3. The van der Waals surface area contributed by atoms with E-state index in [2.05, 4.69) is 58.4 Å². The second kappa shape index (κ2) is 9.14. The molecule has 2 aromatic heterocycles. The predicted molar refractivity (Wildman–Crippen MR) is 122 cm³/mol. The number of methoxy groups -OCH3 is 2. The molecule has 0 aliphatic heterocycles. The van der Waals surface area contributed by atoms with Gasteiger partial charge in [-0.2, -0.15) is 5.10 Å². The lowest BCUT2D eigenvalue weighted by Crippen LogP contribution is -2.16. The number of rotatable bonds is 8. The molecule has 0 fully saturated rings. The molecule has 1 atom stereocenters. The average Bonchev–Trinajstić information content (AvgIpc) is 3.33. The van der Waals surface area contributed by atoms with Crippen LogP contribution in [0.1, 0.15) is 23.5 Å². The molecule has 0 aliphatic rings. The highest BCUT2D eigenvalue weighted by Gasteiger charge is 2.18. The second-order valence-corrected chi connectivity index (χ2v) is 7.78. The lowest BCUT2D eigenvalue weighted by atomic mass is 9.87. The molecule has 7 nitrogen and oxygen atoms in total. The van der Waals surface area contributed by atoms with Crippen molar-refractivity contribution in [2.45, 2.75) is 12.3 Å². The number of benzene rings is 2. The number of nitrogens with zero attached hydrogens (tertiary/aromatic N) is 4. The van der Waals surface area contributed by atoms with Gasteiger partial charge in [-0.25, -0.2) is 4.98 Å². The van der Waals surface area contributed by atoms with Crippen LogP contribution in [0.4, 0.5) is 0 Å². The summed E-state index contributed by atoms with van der Waals surface area (Å²) in [6, 6.07) is 12.4. The Kier molecular flexibility index (Phi) is 6.13. The molecule has 0 bridgehead atoms. The first kappa shape index (κ1) is 20.8. The smallest absolute Gasteiger partial charge is 0.122 e. The molecule has 0 saturated heterocycles. The summed E-state index contributed by atoms with van der Waals surface area (Å²) in [6.07, 6.45) is 6.30. The number of hydrogen-bond acceptors (Lipinski definition) is 6. The summed E-state index contributed by atoms with van der Waals surface area (Å²) < 4.78 is 11.0. The van der Waals surface area contributed by atoms with E-state index in [-0.39, 0.29) is 5.92 Å². The van der Waals surface area contributed by atoms with E-state index in [0.29, 0.717) is 0 Å². The molecule has 0 aliphatic carbocycles. The molecule has 1 unspecified atom stereocenters. The van der Waals surface area contributed by atoms with E-state index in [9.17, 15) is 0 Å². The quantitative estimate of drug-likeness (QED) is 0.465. The Morgan fingerprint density at radius 1 is 0.935 bits per heavy atom. The van der Waals surface area contributed by atoms with Gasteiger partial charge in [0, 0.05) is 23.7 Å². The molecule has 2 heterocycles. The van der Waals surface area contributed by atoms with Gasteiger partial charge >= 0.3 is 0 Å². The Hall–Kier alpha value is -3.45. The maximum atomic E-state index is 5.51. The summed E-state index contributed by atoms with van der Waals surface area (Å²) in [7, 11) is 7.53. The van der Waals surface area contributed by atoms with Crippen molar-refractivity contribution in [1.82, 2.24) is 25.1 Å². The molecule has 0 amide bonds. The van der Waals surface area contributed by atoms with E-state index >= 15 is 0 Å². The second-order valence-electron chi connectivity index (χ2n) is 7.78. The van der Waals surface area contributed by atoms with Crippen LogP contribution >= 0.6 is 0 Å². The molecule has 4 aromatic rings. The number of aromatic nitrogens is 4. The van der Waals surface area contributed by atoms with Gasteiger partial charge in [0.25, 0.3) is 0 Å².